The van der Waals surface area contributed by atoms with Crippen LogP contribution in [0, 0.1) is 5.21 Å². The van der Waals surface area contributed by atoms with Gasteiger partial charge in [-0.1, -0.05) is 31.4 Å². The van der Waals surface area contributed by atoms with Gasteiger partial charge in [-0.2, -0.15) is 4.73 Å². The maximum atomic E-state index is 12.3. The van der Waals surface area contributed by atoms with Gasteiger partial charge in [-0.25, -0.2) is 0 Å². The molecule has 1 saturated carbocycles. The van der Waals surface area contributed by atoms with Crippen molar-refractivity contribution in [1.82, 2.24) is 5.32 Å². The second kappa shape index (κ2) is 5.49. The first kappa shape index (κ1) is 12.9. The molecule has 1 fully saturated rings. The molecule has 1 aromatic carbocycles. The predicted molar refractivity (Wildman–Crippen MR) is 77.2 cm³/mol. The third-order valence-corrected chi connectivity index (χ3v) is 3.97. The number of aromatic nitrogens is 1. The lowest BCUT2D eigenvalue weighted by Gasteiger charge is -2.22. The Labute approximate surface area is 118 Å². The van der Waals surface area contributed by atoms with Crippen molar-refractivity contribution in [2.24, 2.45) is 0 Å². The van der Waals surface area contributed by atoms with Crippen molar-refractivity contribution in [3.05, 3.63) is 47.3 Å². The highest BCUT2D eigenvalue weighted by atomic mass is 16.5. The van der Waals surface area contributed by atoms with Crippen molar-refractivity contribution >= 4 is 16.8 Å². The molecule has 0 aliphatic heterocycles. The maximum absolute atomic E-state index is 12.3. The molecule has 104 valence electrons. The molecule has 0 spiro atoms. The zero-order chi connectivity index (χ0) is 13.9. The van der Waals surface area contributed by atoms with E-state index < -0.39 is 0 Å². The van der Waals surface area contributed by atoms with Crippen LogP contribution in [0.1, 0.15) is 42.6 Å². The number of nitrogens with one attached hydrogen (secondary N) is 1. The monoisotopic (exact) mass is 270 g/mol. The summed E-state index contributed by atoms with van der Waals surface area (Å²) >= 11 is 0. The molecule has 1 heterocycles. The molecule has 0 unspecified atom stereocenters. The summed E-state index contributed by atoms with van der Waals surface area (Å²) in [6, 6.07) is 10.9. The number of rotatable bonds is 2. The van der Waals surface area contributed by atoms with Gasteiger partial charge in [-0.05, 0) is 25.0 Å². The van der Waals surface area contributed by atoms with E-state index in [4.69, 9.17) is 0 Å². The lowest BCUT2D eigenvalue weighted by molar-refractivity contribution is -0.579. The fourth-order valence-electron chi connectivity index (χ4n) is 2.85. The molecular formula is C16H18N2O2. The number of fused-ring (bicyclic) bond motifs is 1. The average Bonchev–Trinajstić information content (AvgIpc) is 2.49. The van der Waals surface area contributed by atoms with Crippen molar-refractivity contribution in [3.8, 4) is 0 Å². The highest BCUT2D eigenvalue weighted by Crippen LogP contribution is 2.18. The number of benzene rings is 1. The fraction of sp³-hybridized carbons (Fsp3) is 0.375. The van der Waals surface area contributed by atoms with Gasteiger partial charge in [0.05, 0.1) is 0 Å². The molecule has 0 radical (unpaired) electrons. The van der Waals surface area contributed by atoms with Gasteiger partial charge in [0.2, 0.25) is 5.52 Å². The van der Waals surface area contributed by atoms with Crippen LogP contribution >= 0.6 is 0 Å². The second-order valence-electron chi connectivity index (χ2n) is 5.38. The van der Waals surface area contributed by atoms with E-state index in [2.05, 4.69) is 5.32 Å². The molecule has 0 bridgehead atoms. The number of amides is 1. The summed E-state index contributed by atoms with van der Waals surface area (Å²) in [7, 11) is 0. The molecule has 1 aliphatic carbocycles. The summed E-state index contributed by atoms with van der Waals surface area (Å²) in [5.41, 5.74) is 0.707. The predicted octanol–water partition coefficient (Wildman–Crippen LogP) is 2.54. The Morgan fingerprint density at radius 1 is 1.10 bits per heavy atom. The standard InChI is InChI=1S/C16H18N2O2/c19-16(17-13-7-2-1-3-8-13)15-11-10-12-6-4-5-9-14(12)18(15)20/h4-6,9-11,13H,1-3,7-8H2,(H,17,19). The number of hydrogen-bond donors (Lipinski definition) is 1. The van der Waals surface area contributed by atoms with E-state index in [1.807, 2.05) is 18.2 Å². The molecular weight excluding hydrogens is 252 g/mol. The van der Waals surface area contributed by atoms with Crippen molar-refractivity contribution in [1.29, 1.82) is 0 Å². The van der Waals surface area contributed by atoms with Gasteiger partial charge in [-0.3, -0.25) is 4.79 Å². The summed E-state index contributed by atoms with van der Waals surface area (Å²) in [5, 5.41) is 16.1. The van der Waals surface area contributed by atoms with Gasteiger partial charge in [0.15, 0.2) is 0 Å². The molecule has 1 N–H and O–H groups in total. The average molecular weight is 270 g/mol. The van der Waals surface area contributed by atoms with Crippen LogP contribution in [-0.2, 0) is 0 Å². The van der Waals surface area contributed by atoms with E-state index in [1.54, 1.807) is 18.2 Å². The number of para-hydroxylation sites is 1. The van der Waals surface area contributed by atoms with Crippen molar-refractivity contribution in [2.75, 3.05) is 0 Å². The Balaban J connectivity index is 1.85. The highest BCUT2D eigenvalue weighted by molar-refractivity contribution is 5.92. The van der Waals surface area contributed by atoms with Gasteiger partial charge >= 0.3 is 5.91 Å². The van der Waals surface area contributed by atoms with Crippen LogP contribution in [0.5, 0.6) is 0 Å². The third-order valence-electron chi connectivity index (χ3n) is 3.97. The Bertz CT molecular complexity index is 633. The minimum Gasteiger partial charge on any atom is -0.618 e. The molecule has 1 aliphatic rings. The first-order chi connectivity index (χ1) is 9.75. The molecule has 1 aromatic heterocycles. The van der Waals surface area contributed by atoms with Gasteiger partial charge in [-0.15, -0.1) is 0 Å². The minimum atomic E-state index is -0.266. The van der Waals surface area contributed by atoms with E-state index in [-0.39, 0.29) is 17.6 Å². The largest absolute Gasteiger partial charge is 0.618 e. The first-order valence-corrected chi connectivity index (χ1v) is 7.18. The molecule has 1 amide bonds. The van der Waals surface area contributed by atoms with E-state index in [0.717, 1.165) is 35.8 Å². The van der Waals surface area contributed by atoms with Gasteiger partial charge in [0.1, 0.15) is 0 Å². The zero-order valence-corrected chi connectivity index (χ0v) is 11.3. The minimum absolute atomic E-state index is 0.175. The fourth-order valence-corrected chi connectivity index (χ4v) is 2.85. The highest BCUT2D eigenvalue weighted by Gasteiger charge is 2.22. The van der Waals surface area contributed by atoms with Gasteiger partial charge < -0.3 is 10.5 Å². The Morgan fingerprint density at radius 2 is 1.85 bits per heavy atom. The van der Waals surface area contributed by atoms with E-state index in [0.29, 0.717) is 5.52 Å². The van der Waals surface area contributed by atoms with Crippen LogP contribution in [0.25, 0.3) is 10.9 Å². The number of carbonyl (C=O) groups excluding carboxylic acids is 1. The molecule has 4 heteroatoms. The van der Waals surface area contributed by atoms with Crippen LogP contribution in [0.3, 0.4) is 0 Å². The topological polar surface area (TPSA) is 56.0 Å². The van der Waals surface area contributed by atoms with E-state index in [1.165, 1.54) is 6.42 Å². The lowest BCUT2D eigenvalue weighted by atomic mass is 9.95. The zero-order valence-electron chi connectivity index (χ0n) is 11.3. The smallest absolute Gasteiger partial charge is 0.317 e. The van der Waals surface area contributed by atoms with Gasteiger partial charge in [0.25, 0.3) is 5.69 Å². The number of hydrogen-bond acceptors (Lipinski definition) is 2. The lowest BCUT2D eigenvalue weighted by Crippen LogP contribution is -2.44. The summed E-state index contributed by atoms with van der Waals surface area (Å²) in [6.45, 7) is 0. The quantitative estimate of drug-likeness (QED) is 0.673. The van der Waals surface area contributed by atoms with Crippen LogP contribution in [0.15, 0.2) is 36.4 Å². The van der Waals surface area contributed by atoms with Crippen LogP contribution in [0.4, 0.5) is 0 Å². The molecule has 4 nitrogen and oxygen atoms in total. The molecule has 20 heavy (non-hydrogen) atoms. The molecule has 0 saturated heterocycles. The van der Waals surface area contributed by atoms with E-state index >= 15 is 0 Å². The Kier molecular flexibility index (Phi) is 3.54. The SMILES string of the molecule is O=C(NC1CCCCC1)c1ccc2ccccc2[n+]1[O-]. The molecule has 0 atom stereocenters. The van der Waals surface area contributed by atoms with Crippen LogP contribution in [-0.4, -0.2) is 11.9 Å². The first-order valence-electron chi connectivity index (χ1n) is 7.18. The third kappa shape index (κ3) is 2.46. The Morgan fingerprint density at radius 3 is 2.65 bits per heavy atom. The summed E-state index contributed by atoms with van der Waals surface area (Å²) < 4.78 is 0.730. The van der Waals surface area contributed by atoms with E-state index in [9.17, 15) is 10.0 Å². The molecule has 3 rings (SSSR count). The summed E-state index contributed by atoms with van der Waals surface area (Å²) in [5.74, 6) is -0.266. The Hall–Kier alpha value is -2.10. The number of nitrogens with zero attached hydrogens (tertiary/aromatic N) is 1. The maximum Gasteiger partial charge on any atom is 0.317 e. The van der Waals surface area contributed by atoms with Gasteiger partial charge in [0, 0.05) is 23.6 Å². The number of carbonyl (C=O) groups is 1. The second-order valence-corrected chi connectivity index (χ2v) is 5.38. The van der Waals surface area contributed by atoms with Crippen molar-refractivity contribution < 1.29 is 9.52 Å². The van der Waals surface area contributed by atoms with Crippen LogP contribution < -0.4 is 10.0 Å². The molecule has 2 aromatic rings. The summed E-state index contributed by atoms with van der Waals surface area (Å²) in [6.07, 6.45) is 5.57. The van der Waals surface area contributed by atoms with Crippen molar-refractivity contribution in [3.63, 3.8) is 0 Å². The van der Waals surface area contributed by atoms with Crippen molar-refractivity contribution in [2.45, 2.75) is 38.1 Å². The summed E-state index contributed by atoms with van der Waals surface area (Å²) in [4.78, 5) is 12.2. The number of pyridine rings is 1. The van der Waals surface area contributed by atoms with Crippen LogP contribution in [0.2, 0.25) is 0 Å². The normalized spacial score (nSPS) is 16.2.